The van der Waals surface area contributed by atoms with Crippen molar-refractivity contribution in [3.8, 4) is 6.07 Å². The van der Waals surface area contributed by atoms with Crippen molar-refractivity contribution in [1.29, 1.82) is 5.26 Å². The first-order chi connectivity index (χ1) is 13.9. The molecule has 3 N–H and O–H groups in total. The van der Waals surface area contributed by atoms with Crippen LogP contribution in [-0.2, 0) is 17.2 Å². The lowest BCUT2D eigenvalue weighted by Gasteiger charge is -2.39. The van der Waals surface area contributed by atoms with Gasteiger partial charge in [-0.2, -0.15) is 5.26 Å². The third-order valence-electron chi connectivity index (χ3n) is 5.44. The predicted octanol–water partition coefficient (Wildman–Crippen LogP) is 2.48. The first-order valence-corrected chi connectivity index (χ1v) is 10.8. The molecule has 1 aliphatic heterocycles. The number of benzene rings is 2. The van der Waals surface area contributed by atoms with Crippen LogP contribution < -0.4 is 5.32 Å². The molecule has 2 atom stereocenters. The molecule has 6 nitrogen and oxygen atoms in total. The van der Waals surface area contributed by atoms with Gasteiger partial charge in [0, 0.05) is 4.90 Å². The standard InChI is InChI=1S/C22H24N2O4S/c23-15-17-3-1-16(2-4-17)5-10-20(22(27)11-13-24-14-12-22)29(28)19-8-6-18(7-9-19)21(25)26/h1-4,6-9,20,24,27H,5,10-14H2,(H,25,26). The first kappa shape index (κ1) is 21.2. The highest BCUT2D eigenvalue weighted by molar-refractivity contribution is 7.85. The van der Waals surface area contributed by atoms with Crippen molar-refractivity contribution in [2.24, 2.45) is 0 Å². The summed E-state index contributed by atoms with van der Waals surface area (Å²) in [5.74, 6) is -1.03. The van der Waals surface area contributed by atoms with Gasteiger partial charge in [-0.1, -0.05) is 12.1 Å². The number of carboxylic acids is 1. The number of hydrogen-bond donors (Lipinski definition) is 3. The van der Waals surface area contributed by atoms with Gasteiger partial charge in [-0.3, -0.25) is 4.21 Å². The molecule has 0 radical (unpaired) electrons. The van der Waals surface area contributed by atoms with Crippen molar-refractivity contribution in [1.82, 2.24) is 5.32 Å². The number of carbonyl (C=O) groups is 1. The Labute approximate surface area is 172 Å². The Kier molecular flexibility index (Phi) is 6.80. The fourth-order valence-electron chi connectivity index (χ4n) is 3.70. The minimum atomic E-state index is -1.48. The minimum Gasteiger partial charge on any atom is -0.478 e. The third kappa shape index (κ3) is 5.10. The van der Waals surface area contributed by atoms with E-state index < -0.39 is 27.6 Å². The molecule has 7 heteroatoms. The fourth-order valence-corrected chi connectivity index (χ4v) is 5.40. The zero-order chi connectivity index (χ0) is 20.9. The molecule has 29 heavy (non-hydrogen) atoms. The lowest BCUT2D eigenvalue weighted by Crippen LogP contribution is -2.52. The van der Waals surface area contributed by atoms with Gasteiger partial charge in [-0.25, -0.2) is 4.79 Å². The highest BCUT2D eigenvalue weighted by Crippen LogP contribution is 2.32. The molecule has 1 heterocycles. The second-order valence-electron chi connectivity index (χ2n) is 7.32. The maximum absolute atomic E-state index is 13.4. The molecule has 2 unspecified atom stereocenters. The van der Waals surface area contributed by atoms with Gasteiger partial charge in [0.25, 0.3) is 0 Å². The van der Waals surface area contributed by atoms with Gasteiger partial charge in [0.05, 0.1) is 38.8 Å². The number of nitriles is 1. The van der Waals surface area contributed by atoms with E-state index in [2.05, 4.69) is 11.4 Å². The molecule has 1 fully saturated rings. The molecular formula is C22H24N2O4S. The van der Waals surface area contributed by atoms with Crippen LogP contribution >= 0.6 is 0 Å². The van der Waals surface area contributed by atoms with Crippen molar-refractivity contribution in [2.75, 3.05) is 13.1 Å². The molecule has 0 aromatic heterocycles. The summed E-state index contributed by atoms with van der Waals surface area (Å²) in [6.07, 6.45) is 2.19. The lowest BCUT2D eigenvalue weighted by atomic mass is 9.86. The average molecular weight is 413 g/mol. The molecule has 0 amide bonds. The van der Waals surface area contributed by atoms with Crippen LogP contribution in [0.5, 0.6) is 0 Å². The molecule has 3 rings (SSSR count). The zero-order valence-electron chi connectivity index (χ0n) is 16.0. The van der Waals surface area contributed by atoms with Gasteiger partial charge >= 0.3 is 5.97 Å². The minimum absolute atomic E-state index is 0.139. The van der Waals surface area contributed by atoms with Gasteiger partial charge in [-0.15, -0.1) is 0 Å². The number of nitrogens with one attached hydrogen (secondary N) is 1. The van der Waals surface area contributed by atoms with Gasteiger partial charge < -0.3 is 15.5 Å². The monoisotopic (exact) mass is 412 g/mol. The van der Waals surface area contributed by atoms with Crippen molar-refractivity contribution >= 4 is 16.8 Å². The summed E-state index contributed by atoms with van der Waals surface area (Å²) in [5.41, 5.74) is 0.698. The quantitative estimate of drug-likeness (QED) is 0.644. The van der Waals surface area contributed by atoms with Gasteiger partial charge in [0.15, 0.2) is 0 Å². The van der Waals surface area contributed by atoms with Crippen molar-refractivity contribution < 1.29 is 19.2 Å². The third-order valence-corrected chi connectivity index (χ3v) is 7.37. The number of aliphatic hydroxyl groups is 1. The van der Waals surface area contributed by atoms with Crippen LogP contribution in [0.1, 0.15) is 40.7 Å². The first-order valence-electron chi connectivity index (χ1n) is 9.59. The summed E-state index contributed by atoms with van der Waals surface area (Å²) < 4.78 is 13.4. The number of piperidine rings is 1. The Hall–Kier alpha value is -2.53. The van der Waals surface area contributed by atoms with Crippen LogP contribution in [0.2, 0.25) is 0 Å². The van der Waals surface area contributed by atoms with Crippen LogP contribution in [0.3, 0.4) is 0 Å². The maximum Gasteiger partial charge on any atom is 0.335 e. The second kappa shape index (κ2) is 9.31. The molecule has 0 spiro atoms. The molecule has 1 aliphatic rings. The summed E-state index contributed by atoms with van der Waals surface area (Å²) in [7, 11) is -1.48. The number of rotatable bonds is 7. The number of aryl methyl sites for hydroxylation is 1. The molecule has 2 aromatic carbocycles. The summed E-state index contributed by atoms with van der Waals surface area (Å²) in [4.78, 5) is 11.6. The van der Waals surface area contributed by atoms with Crippen molar-refractivity contribution in [3.63, 3.8) is 0 Å². The maximum atomic E-state index is 13.4. The van der Waals surface area contributed by atoms with Crippen LogP contribution in [-0.4, -0.2) is 44.3 Å². The van der Waals surface area contributed by atoms with Crippen LogP contribution in [0.4, 0.5) is 0 Å². The lowest BCUT2D eigenvalue weighted by molar-refractivity contribution is 0.00556. The number of carboxylic acid groups (broad SMARTS) is 1. The summed E-state index contributed by atoms with van der Waals surface area (Å²) in [5, 5.41) is 32.1. The van der Waals surface area contributed by atoms with Crippen LogP contribution in [0.25, 0.3) is 0 Å². The van der Waals surface area contributed by atoms with Crippen LogP contribution in [0, 0.1) is 11.3 Å². The molecular weight excluding hydrogens is 388 g/mol. The topological polar surface area (TPSA) is 110 Å². The largest absolute Gasteiger partial charge is 0.478 e. The van der Waals surface area contributed by atoms with Crippen molar-refractivity contribution in [3.05, 3.63) is 65.2 Å². The molecule has 0 saturated carbocycles. The van der Waals surface area contributed by atoms with Gasteiger partial charge in [0.2, 0.25) is 0 Å². The molecule has 0 aliphatic carbocycles. The van der Waals surface area contributed by atoms with E-state index in [-0.39, 0.29) is 5.56 Å². The highest BCUT2D eigenvalue weighted by Gasteiger charge is 2.41. The second-order valence-corrected chi connectivity index (χ2v) is 8.95. The van der Waals surface area contributed by atoms with E-state index in [0.29, 0.717) is 49.2 Å². The van der Waals surface area contributed by atoms with Gasteiger partial charge in [0.1, 0.15) is 0 Å². The van der Waals surface area contributed by atoms with E-state index in [0.717, 1.165) is 5.56 Å². The Morgan fingerprint density at radius 1 is 1.14 bits per heavy atom. The van der Waals surface area contributed by atoms with E-state index in [1.807, 2.05) is 12.1 Å². The Bertz CT molecular complexity index is 913. The van der Waals surface area contributed by atoms with E-state index in [1.54, 1.807) is 24.3 Å². The predicted molar refractivity (Wildman–Crippen MR) is 110 cm³/mol. The van der Waals surface area contributed by atoms with E-state index in [1.165, 1.54) is 12.1 Å². The zero-order valence-corrected chi connectivity index (χ0v) is 16.8. The molecule has 2 aromatic rings. The smallest absolute Gasteiger partial charge is 0.335 e. The fraction of sp³-hybridized carbons (Fsp3) is 0.364. The van der Waals surface area contributed by atoms with Crippen molar-refractivity contribution in [2.45, 2.75) is 41.4 Å². The number of aromatic carboxylic acids is 1. The number of nitrogens with zero attached hydrogens (tertiary/aromatic N) is 1. The molecule has 1 saturated heterocycles. The number of hydrogen-bond acceptors (Lipinski definition) is 5. The average Bonchev–Trinajstić information content (AvgIpc) is 2.74. The highest BCUT2D eigenvalue weighted by atomic mass is 32.2. The Balaban J connectivity index is 1.82. The van der Waals surface area contributed by atoms with E-state index >= 15 is 0 Å². The summed E-state index contributed by atoms with van der Waals surface area (Å²) in [6.45, 7) is 1.33. The summed E-state index contributed by atoms with van der Waals surface area (Å²) in [6, 6.07) is 15.4. The Morgan fingerprint density at radius 3 is 2.31 bits per heavy atom. The Morgan fingerprint density at radius 2 is 1.76 bits per heavy atom. The van der Waals surface area contributed by atoms with Crippen LogP contribution in [0.15, 0.2) is 53.4 Å². The molecule has 152 valence electrons. The molecule has 0 bridgehead atoms. The SMILES string of the molecule is N#Cc1ccc(CCC(S(=O)c2ccc(C(=O)O)cc2)C2(O)CCNCC2)cc1. The van der Waals surface area contributed by atoms with E-state index in [9.17, 15) is 14.1 Å². The normalized spacial score (nSPS) is 17.8. The summed E-state index contributed by atoms with van der Waals surface area (Å²) >= 11 is 0. The van der Waals surface area contributed by atoms with E-state index in [4.69, 9.17) is 10.4 Å². The van der Waals surface area contributed by atoms with Gasteiger partial charge in [-0.05, 0) is 80.7 Å².